The van der Waals surface area contributed by atoms with Crippen LogP contribution < -0.4 is 10.1 Å². The van der Waals surface area contributed by atoms with E-state index in [1.54, 1.807) is 12.1 Å². The maximum atomic E-state index is 12.0. The van der Waals surface area contributed by atoms with Crippen molar-refractivity contribution in [2.75, 3.05) is 6.54 Å². The normalized spacial score (nSPS) is 17.3. The summed E-state index contributed by atoms with van der Waals surface area (Å²) in [7, 11) is 0. The molecule has 2 nitrogen and oxygen atoms in total. The van der Waals surface area contributed by atoms with Gasteiger partial charge < -0.3 is 10.1 Å². The lowest BCUT2D eigenvalue weighted by molar-refractivity contribution is -0.0498. The van der Waals surface area contributed by atoms with Gasteiger partial charge in [-0.1, -0.05) is 31.4 Å². The summed E-state index contributed by atoms with van der Waals surface area (Å²) in [6.07, 6.45) is 5.36. The van der Waals surface area contributed by atoms with Crippen molar-refractivity contribution in [2.45, 2.75) is 45.3 Å². The second kappa shape index (κ2) is 6.85. The number of halogens is 2. The second-order valence-corrected chi connectivity index (χ2v) is 5.21. The van der Waals surface area contributed by atoms with Crippen molar-refractivity contribution in [3.63, 3.8) is 0 Å². The van der Waals surface area contributed by atoms with Crippen LogP contribution in [0.15, 0.2) is 24.3 Å². The Hall–Kier alpha value is -1.16. The van der Waals surface area contributed by atoms with Gasteiger partial charge in [0.1, 0.15) is 5.75 Å². The Morgan fingerprint density at radius 2 is 1.95 bits per heavy atom. The van der Waals surface area contributed by atoms with E-state index in [-0.39, 0.29) is 11.8 Å². The van der Waals surface area contributed by atoms with Crippen molar-refractivity contribution in [1.82, 2.24) is 5.32 Å². The molecular weight excluding hydrogens is 248 g/mol. The lowest BCUT2D eigenvalue weighted by atomic mass is 9.83. The predicted octanol–water partition coefficient (Wildman–Crippen LogP) is 4.13. The van der Waals surface area contributed by atoms with Crippen molar-refractivity contribution in [2.24, 2.45) is 5.92 Å². The van der Waals surface area contributed by atoms with Crippen LogP contribution in [-0.4, -0.2) is 13.2 Å². The van der Waals surface area contributed by atoms with E-state index in [9.17, 15) is 8.78 Å². The number of hydrogen-bond acceptors (Lipinski definition) is 2. The Morgan fingerprint density at radius 3 is 2.47 bits per heavy atom. The number of ether oxygens (including phenoxy) is 1. The van der Waals surface area contributed by atoms with E-state index in [0.717, 1.165) is 18.0 Å². The fraction of sp³-hybridized carbons (Fsp3) is 0.600. The molecule has 0 bridgehead atoms. The van der Waals surface area contributed by atoms with E-state index in [0.29, 0.717) is 0 Å². The van der Waals surface area contributed by atoms with Gasteiger partial charge in [0.25, 0.3) is 0 Å². The summed E-state index contributed by atoms with van der Waals surface area (Å²) in [6.45, 7) is 0.342. The van der Waals surface area contributed by atoms with Crippen molar-refractivity contribution >= 4 is 0 Å². The van der Waals surface area contributed by atoms with Gasteiger partial charge in [-0.2, -0.15) is 8.78 Å². The molecule has 106 valence electrons. The molecule has 0 aliphatic heterocycles. The Morgan fingerprint density at radius 1 is 1.26 bits per heavy atom. The highest BCUT2D eigenvalue weighted by molar-refractivity contribution is 5.28. The monoisotopic (exact) mass is 269 g/mol. The minimum absolute atomic E-state index is 0.209. The van der Waals surface area contributed by atoms with E-state index in [2.05, 4.69) is 17.0 Å². The Labute approximate surface area is 113 Å². The predicted molar refractivity (Wildman–Crippen MR) is 71.4 cm³/mol. The van der Waals surface area contributed by atoms with Crippen molar-refractivity contribution in [3.8, 4) is 5.75 Å². The molecule has 1 fully saturated rings. The fourth-order valence-corrected chi connectivity index (χ4v) is 2.34. The van der Waals surface area contributed by atoms with Gasteiger partial charge in [-0.3, -0.25) is 0 Å². The summed E-state index contributed by atoms with van der Waals surface area (Å²) in [4.78, 5) is 0. The van der Waals surface area contributed by atoms with Crippen molar-refractivity contribution in [3.05, 3.63) is 29.8 Å². The molecule has 0 aromatic heterocycles. The molecular formula is C15H21F2NO. The third-order valence-corrected chi connectivity index (χ3v) is 3.83. The molecule has 1 aliphatic rings. The average Bonchev–Trinajstić information content (AvgIpc) is 2.32. The first-order valence-corrected chi connectivity index (χ1v) is 6.93. The molecule has 1 unspecified atom stereocenters. The van der Waals surface area contributed by atoms with Crippen LogP contribution in [0, 0.1) is 5.92 Å². The lowest BCUT2D eigenvalue weighted by Crippen LogP contribution is -2.24. The maximum Gasteiger partial charge on any atom is 0.387 e. The maximum absolute atomic E-state index is 12.0. The molecule has 1 saturated carbocycles. The number of hydrogen-bond donors (Lipinski definition) is 1. The van der Waals surface area contributed by atoms with E-state index in [1.807, 2.05) is 12.1 Å². The number of nitrogens with one attached hydrogen (secondary N) is 1. The highest BCUT2D eigenvalue weighted by Gasteiger charge is 2.17. The lowest BCUT2D eigenvalue weighted by Gasteiger charge is -2.26. The van der Waals surface area contributed by atoms with Gasteiger partial charge in [0.15, 0.2) is 0 Å². The van der Waals surface area contributed by atoms with Gasteiger partial charge in [-0.15, -0.1) is 0 Å². The quantitative estimate of drug-likeness (QED) is 0.803. The minimum Gasteiger partial charge on any atom is -0.435 e. The Kier molecular flexibility index (Phi) is 5.14. The molecule has 0 radical (unpaired) electrons. The van der Waals surface area contributed by atoms with Gasteiger partial charge in [0.05, 0.1) is 0 Å². The molecule has 0 saturated heterocycles. The van der Waals surface area contributed by atoms with E-state index in [1.165, 1.54) is 25.7 Å². The van der Waals surface area contributed by atoms with Gasteiger partial charge in [0, 0.05) is 6.04 Å². The topological polar surface area (TPSA) is 21.3 Å². The first-order chi connectivity index (χ1) is 9.15. The van der Waals surface area contributed by atoms with E-state index in [4.69, 9.17) is 0 Å². The van der Waals surface area contributed by atoms with Crippen LogP contribution in [0.5, 0.6) is 5.75 Å². The third kappa shape index (κ3) is 4.46. The fourth-order valence-electron chi connectivity index (χ4n) is 2.34. The zero-order valence-corrected chi connectivity index (χ0v) is 11.2. The van der Waals surface area contributed by atoms with Crippen molar-refractivity contribution < 1.29 is 13.5 Å². The van der Waals surface area contributed by atoms with Crippen LogP contribution in [-0.2, 0) is 0 Å². The van der Waals surface area contributed by atoms with Gasteiger partial charge in [0.2, 0.25) is 0 Å². The smallest absolute Gasteiger partial charge is 0.387 e. The summed E-state index contributed by atoms with van der Waals surface area (Å²) < 4.78 is 28.4. The molecule has 1 aromatic carbocycles. The third-order valence-electron chi connectivity index (χ3n) is 3.83. The summed E-state index contributed by atoms with van der Waals surface area (Å²) in [5.74, 6) is 1.11. The van der Waals surface area contributed by atoms with Crippen LogP contribution in [0.4, 0.5) is 8.78 Å². The van der Waals surface area contributed by atoms with Crippen LogP contribution >= 0.6 is 0 Å². The Bertz CT molecular complexity index is 376. The molecule has 2 rings (SSSR count). The number of benzene rings is 1. The summed E-state index contributed by atoms with van der Waals surface area (Å²) in [5, 5.41) is 3.47. The molecule has 0 amide bonds. The molecule has 1 N–H and O–H groups in total. The summed E-state index contributed by atoms with van der Waals surface area (Å²) >= 11 is 0. The minimum atomic E-state index is -2.76. The molecule has 4 heteroatoms. The van der Waals surface area contributed by atoms with Crippen LogP contribution in [0.3, 0.4) is 0 Å². The first kappa shape index (κ1) is 14.3. The molecule has 1 aromatic rings. The molecule has 1 atom stereocenters. The Balaban J connectivity index is 1.76. The zero-order chi connectivity index (χ0) is 13.7. The molecule has 1 aliphatic carbocycles. The largest absolute Gasteiger partial charge is 0.435 e. The van der Waals surface area contributed by atoms with Gasteiger partial charge >= 0.3 is 6.61 Å². The molecule has 0 heterocycles. The zero-order valence-electron chi connectivity index (χ0n) is 11.2. The molecule has 0 spiro atoms. The molecule has 19 heavy (non-hydrogen) atoms. The first-order valence-electron chi connectivity index (χ1n) is 6.93. The summed E-state index contributed by atoms with van der Waals surface area (Å²) in [5.41, 5.74) is 1.09. The second-order valence-electron chi connectivity index (χ2n) is 5.21. The van der Waals surface area contributed by atoms with Gasteiger partial charge in [-0.25, -0.2) is 0 Å². The van der Waals surface area contributed by atoms with Crippen molar-refractivity contribution in [1.29, 1.82) is 0 Å². The average molecular weight is 269 g/mol. The van der Waals surface area contributed by atoms with Crippen LogP contribution in [0.25, 0.3) is 0 Å². The van der Waals surface area contributed by atoms with E-state index < -0.39 is 6.61 Å². The van der Waals surface area contributed by atoms with Crippen LogP contribution in [0.1, 0.15) is 44.2 Å². The highest BCUT2D eigenvalue weighted by Crippen LogP contribution is 2.29. The number of alkyl halides is 2. The number of rotatable bonds is 7. The standard InChI is InChI=1S/C15H21F2NO/c1-11(18-10-9-12-3-2-4-12)13-5-7-14(8-6-13)19-15(16)17/h5-8,11-12,15,18H,2-4,9-10H2,1H3. The SMILES string of the molecule is CC(NCCC1CCC1)c1ccc(OC(F)F)cc1. The van der Waals surface area contributed by atoms with Crippen LogP contribution in [0.2, 0.25) is 0 Å². The highest BCUT2D eigenvalue weighted by atomic mass is 19.3. The summed E-state index contributed by atoms with van der Waals surface area (Å²) in [6, 6.07) is 7.08. The van der Waals surface area contributed by atoms with Gasteiger partial charge in [-0.05, 0) is 43.5 Å². The van der Waals surface area contributed by atoms with E-state index >= 15 is 0 Å².